The van der Waals surface area contributed by atoms with E-state index in [0.29, 0.717) is 5.82 Å². The fourth-order valence-electron chi connectivity index (χ4n) is 2.40. The fourth-order valence-corrected chi connectivity index (χ4v) is 2.94. The second-order valence-electron chi connectivity index (χ2n) is 4.39. The highest BCUT2D eigenvalue weighted by atomic mass is 79.9. The Kier molecular flexibility index (Phi) is 3.35. The zero-order valence-corrected chi connectivity index (χ0v) is 11.9. The van der Waals surface area contributed by atoms with Crippen molar-refractivity contribution >= 4 is 33.3 Å². The van der Waals surface area contributed by atoms with Crippen molar-refractivity contribution in [1.29, 1.82) is 0 Å². The number of hydrazine groups is 1. The molecule has 1 aromatic heterocycles. The number of fused-ring (bicyclic) bond motifs is 1. The first-order chi connectivity index (χ1) is 9.31. The van der Waals surface area contributed by atoms with Crippen LogP contribution in [-0.2, 0) is 6.42 Å². The van der Waals surface area contributed by atoms with Gasteiger partial charge in [0, 0.05) is 12.2 Å². The van der Waals surface area contributed by atoms with Gasteiger partial charge in [0.1, 0.15) is 10.8 Å². The van der Waals surface area contributed by atoms with Gasteiger partial charge in [0.25, 0.3) is 0 Å². The van der Waals surface area contributed by atoms with Crippen molar-refractivity contribution in [2.75, 3.05) is 16.9 Å². The number of nitrogen functional groups attached to an aromatic ring is 1. The molecule has 0 spiro atoms. The SMILES string of the molecule is NNc1ncnc(N2CCCc3ccccc32)c1Br. The molecule has 0 saturated heterocycles. The molecule has 1 aromatic carbocycles. The maximum atomic E-state index is 5.45. The molecule has 1 aliphatic heterocycles. The molecular weight excluding hydrogens is 306 g/mol. The molecule has 0 bridgehead atoms. The molecule has 2 heterocycles. The van der Waals surface area contributed by atoms with Crippen molar-refractivity contribution < 1.29 is 0 Å². The third-order valence-electron chi connectivity index (χ3n) is 3.27. The Morgan fingerprint density at radius 1 is 1.26 bits per heavy atom. The summed E-state index contributed by atoms with van der Waals surface area (Å²) in [6.45, 7) is 0.941. The number of nitrogens with zero attached hydrogens (tertiary/aromatic N) is 3. The Labute approximate surface area is 120 Å². The van der Waals surface area contributed by atoms with E-state index in [-0.39, 0.29) is 0 Å². The van der Waals surface area contributed by atoms with E-state index >= 15 is 0 Å². The lowest BCUT2D eigenvalue weighted by Gasteiger charge is -2.31. The zero-order chi connectivity index (χ0) is 13.2. The van der Waals surface area contributed by atoms with E-state index in [9.17, 15) is 0 Å². The number of aromatic nitrogens is 2. The first-order valence-electron chi connectivity index (χ1n) is 6.14. The van der Waals surface area contributed by atoms with E-state index in [1.165, 1.54) is 17.6 Å². The number of nitrogens with two attached hydrogens (primary N) is 1. The molecule has 2 aromatic rings. The van der Waals surface area contributed by atoms with Gasteiger partial charge in [0.2, 0.25) is 0 Å². The molecule has 0 fully saturated rings. The first kappa shape index (κ1) is 12.4. The van der Waals surface area contributed by atoms with Gasteiger partial charge < -0.3 is 10.3 Å². The number of hydrogen-bond acceptors (Lipinski definition) is 5. The Morgan fingerprint density at radius 2 is 2.11 bits per heavy atom. The summed E-state index contributed by atoms with van der Waals surface area (Å²) in [6.07, 6.45) is 3.74. The molecule has 3 N–H and O–H groups in total. The zero-order valence-electron chi connectivity index (χ0n) is 10.3. The minimum absolute atomic E-state index is 0.591. The number of hydrogen-bond donors (Lipinski definition) is 2. The molecule has 0 radical (unpaired) electrons. The van der Waals surface area contributed by atoms with Crippen LogP contribution in [0.1, 0.15) is 12.0 Å². The number of para-hydroxylation sites is 1. The molecule has 0 atom stereocenters. The Hall–Kier alpha value is -1.66. The number of halogens is 1. The van der Waals surface area contributed by atoms with E-state index < -0.39 is 0 Å². The Bertz CT molecular complexity index is 601. The summed E-state index contributed by atoms with van der Waals surface area (Å²) in [4.78, 5) is 10.7. The average Bonchev–Trinajstić information content (AvgIpc) is 2.47. The minimum Gasteiger partial charge on any atom is -0.325 e. The monoisotopic (exact) mass is 319 g/mol. The predicted octanol–water partition coefficient (Wildman–Crippen LogP) is 2.61. The van der Waals surface area contributed by atoms with Crippen LogP contribution in [0, 0.1) is 0 Å². The van der Waals surface area contributed by atoms with Gasteiger partial charge in [-0.3, -0.25) is 0 Å². The number of benzene rings is 1. The van der Waals surface area contributed by atoms with Crippen LogP contribution in [0.5, 0.6) is 0 Å². The maximum Gasteiger partial charge on any atom is 0.159 e. The van der Waals surface area contributed by atoms with Crippen LogP contribution in [0.15, 0.2) is 35.1 Å². The minimum atomic E-state index is 0.591. The summed E-state index contributed by atoms with van der Waals surface area (Å²) in [7, 11) is 0. The van der Waals surface area contributed by atoms with Gasteiger partial charge in [-0.25, -0.2) is 15.8 Å². The van der Waals surface area contributed by atoms with Crippen molar-refractivity contribution in [1.82, 2.24) is 9.97 Å². The molecule has 0 aliphatic carbocycles. The normalized spacial score (nSPS) is 14.1. The van der Waals surface area contributed by atoms with E-state index in [2.05, 4.69) is 54.4 Å². The molecule has 98 valence electrons. The topological polar surface area (TPSA) is 67.1 Å². The highest BCUT2D eigenvalue weighted by Gasteiger charge is 2.22. The summed E-state index contributed by atoms with van der Waals surface area (Å²) in [5, 5.41) is 0. The summed E-state index contributed by atoms with van der Waals surface area (Å²) in [5.74, 6) is 6.89. The fraction of sp³-hybridized carbons (Fsp3) is 0.231. The van der Waals surface area contributed by atoms with Gasteiger partial charge >= 0.3 is 0 Å². The van der Waals surface area contributed by atoms with Crippen molar-refractivity contribution in [3.8, 4) is 0 Å². The van der Waals surface area contributed by atoms with Gasteiger partial charge in [-0.2, -0.15) is 0 Å². The third kappa shape index (κ3) is 2.17. The molecule has 19 heavy (non-hydrogen) atoms. The molecule has 0 unspecified atom stereocenters. The summed E-state index contributed by atoms with van der Waals surface area (Å²) in [5.41, 5.74) is 5.13. The van der Waals surface area contributed by atoms with Crippen LogP contribution >= 0.6 is 15.9 Å². The summed E-state index contributed by atoms with van der Waals surface area (Å²) in [6, 6.07) is 8.41. The van der Waals surface area contributed by atoms with Crippen molar-refractivity contribution in [3.05, 3.63) is 40.6 Å². The molecule has 6 heteroatoms. The highest BCUT2D eigenvalue weighted by Crippen LogP contribution is 2.37. The van der Waals surface area contributed by atoms with Crippen molar-refractivity contribution in [3.63, 3.8) is 0 Å². The van der Waals surface area contributed by atoms with Crippen LogP contribution in [-0.4, -0.2) is 16.5 Å². The van der Waals surface area contributed by atoms with Crippen LogP contribution in [0.25, 0.3) is 0 Å². The van der Waals surface area contributed by atoms with Gasteiger partial charge in [0.15, 0.2) is 11.6 Å². The van der Waals surface area contributed by atoms with Crippen LogP contribution < -0.4 is 16.2 Å². The number of rotatable bonds is 2. The second-order valence-corrected chi connectivity index (χ2v) is 5.18. The molecule has 0 saturated carbocycles. The number of anilines is 3. The van der Waals surface area contributed by atoms with E-state index in [1.807, 2.05) is 6.07 Å². The molecule has 0 amide bonds. The van der Waals surface area contributed by atoms with E-state index in [4.69, 9.17) is 5.84 Å². The van der Waals surface area contributed by atoms with Gasteiger partial charge in [-0.15, -0.1) is 0 Å². The largest absolute Gasteiger partial charge is 0.325 e. The molecule has 5 nitrogen and oxygen atoms in total. The lowest BCUT2D eigenvalue weighted by atomic mass is 10.0. The van der Waals surface area contributed by atoms with E-state index in [1.54, 1.807) is 0 Å². The van der Waals surface area contributed by atoms with Crippen molar-refractivity contribution in [2.45, 2.75) is 12.8 Å². The van der Waals surface area contributed by atoms with Crippen LogP contribution in [0.2, 0.25) is 0 Å². The van der Waals surface area contributed by atoms with Crippen LogP contribution in [0.4, 0.5) is 17.3 Å². The number of nitrogens with one attached hydrogen (secondary N) is 1. The maximum absolute atomic E-state index is 5.45. The second kappa shape index (κ2) is 5.14. The quantitative estimate of drug-likeness (QED) is 0.658. The van der Waals surface area contributed by atoms with Gasteiger partial charge in [0.05, 0.1) is 0 Å². The highest BCUT2D eigenvalue weighted by molar-refractivity contribution is 9.10. The van der Waals surface area contributed by atoms with E-state index in [0.717, 1.165) is 29.7 Å². The third-order valence-corrected chi connectivity index (χ3v) is 4.00. The number of aryl methyl sites for hydroxylation is 1. The predicted molar refractivity (Wildman–Crippen MR) is 79.3 cm³/mol. The molecule has 3 rings (SSSR count). The first-order valence-corrected chi connectivity index (χ1v) is 6.93. The molecular formula is C13H14BrN5. The Balaban J connectivity index is 2.09. The standard InChI is InChI=1S/C13H14BrN5/c14-11-12(18-15)16-8-17-13(11)19-7-3-5-9-4-1-2-6-10(9)19/h1-2,4,6,8H,3,5,7,15H2,(H,16,17,18). The average molecular weight is 320 g/mol. The summed E-state index contributed by atoms with van der Waals surface area (Å²) >= 11 is 3.52. The van der Waals surface area contributed by atoms with Gasteiger partial charge in [-0.1, -0.05) is 18.2 Å². The lowest BCUT2D eigenvalue weighted by molar-refractivity contribution is 0.757. The van der Waals surface area contributed by atoms with Crippen LogP contribution in [0.3, 0.4) is 0 Å². The Morgan fingerprint density at radius 3 is 2.95 bits per heavy atom. The van der Waals surface area contributed by atoms with Crippen molar-refractivity contribution in [2.24, 2.45) is 5.84 Å². The molecule has 1 aliphatic rings. The summed E-state index contributed by atoms with van der Waals surface area (Å²) < 4.78 is 0.786. The lowest BCUT2D eigenvalue weighted by Crippen LogP contribution is -2.26. The van der Waals surface area contributed by atoms with Gasteiger partial charge in [-0.05, 0) is 40.4 Å². The smallest absolute Gasteiger partial charge is 0.159 e.